The second kappa shape index (κ2) is 5.08. The average molecular weight is 288 g/mol. The van der Waals surface area contributed by atoms with E-state index in [0.717, 1.165) is 18.5 Å². The number of benzene rings is 1. The van der Waals surface area contributed by atoms with Crippen LogP contribution in [0.4, 0.5) is 0 Å². The molecule has 98 valence electrons. The van der Waals surface area contributed by atoms with Gasteiger partial charge in [-0.1, -0.05) is 23.2 Å². The van der Waals surface area contributed by atoms with Gasteiger partial charge in [0.25, 0.3) is 0 Å². The van der Waals surface area contributed by atoms with Crippen molar-refractivity contribution in [3.8, 4) is 0 Å². The molecule has 1 aliphatic heterocycles. The van der Waals surface area contributed by atoms with Crippen LogP contribution in [0.15, 0.2) is 18.2 Å². The van der Waals surface area contributed by atoms with Crippen molar-refractivity contribution in [2.75, 3.05) is 6.54 Å². The Labute approximate surface area is 116 Å². The predicted octanol–water partition coefficient (Wildman–Crippen LogP) is 3.43. The third-order valence-electron chi connectivity index (χ3n) is 3.55. The maximum absolute atomic E-state index is 11.4. The van der Waals surface area contributed by atoms with Gasteiger partial charge in [-0.25, -0.2) is 0 Å². The van der Waals surface area contributed by atoms with Crippen LogP contribution >= 0.6 is 23.2 Å². The number of carboxylic acid groups (broad SMARTS) is 1. The van der Waals surface area contributed by atoms with Gasteiger partial charge in [-0.05, 0) is 50.1 Å². The Balaban J connectivity index is 2.20. The summed E-state index contributed by atoms with van der Waals surface area (Å²) in [4.78, 5) is 13.3. The largest absolute Gasteiger partial charge is 0.480 e. The minimum Gasteiger partial charge on any atom is -0.480 e. The van der Waals surface area contributed by atoms with Crippen molar-refractivity contribution in [2.24, 2.45) is 0 Å². The van der Waals surface area contributed by atoms with Crippen LogP contribution in [0.2, 0.25) is 10.0 Å². The fourth-order valence-electron chi connectivity index (χ4n) is 2.44. The monoisotopic (exact) mass is 287 g/mol. The van der Waals surface area contributed by atoms with E-state index in [0.29, 0.717) is 23.0 Å². The molecule has 1 saturated heterocycles. The van der Waals surface area contributed by atoms with E-state index in [1.807, 2.05) is 17.0 Å². The van der Waals surface area contributed by atoms with E-state index in [1.165, 1.54) is 0 Å². The molecule has 5 heteroatoms. The molecule has 1 atom stereocenters. The van der Waals surface area contributed by atoms with Crippen LogP contribution in [-0.2, 0) is 11.3 Å². The second-order valence-electron chi connectivity index (χ2n) is 4.88. The van der Waals surface area contributed by atoms with Crippen LogP contribution < -0.4 is 0 Å². The molecule has 0 spiro atoms. The van der Waals surface area contributed by atoms with Crippen molar-refractivity contribution in [1.82, 2.24) is 4.90 Å². The SMILES string of the molecule is CC1(C(=O)O)CCCN1Cc1cc(Cl)cc(Cl)c1. The van der Waals surface area contributed by atoms with Crippen LogP contribution in [0.1, 0.15) is 25.3 Å². The number of halogens is 2. The van der Waals surface area contributed by atoms with Crippen molar-refractivity contribution in [3.05, 3.63) is 33.8 Å². The third-order valence-corrected chi connectivity index (χ3v) is 3.98. The molecule has 0 saturated carbocycles. The Morgan fingerprint density at radius 2 is 2.00 bits per heavy atom. The second-order valence-corrected chi connectivity index (χ2v) is 5.75. The molecule has 0 amide bonds. The fraction of sp³-hybridized carbons (Fsp3) is 0.462. The summed E-state index contributed by atoms with van der Waals surface area (Å²) in [5.41, 5.74) is 0.163. The summed E-state index contributed by atoms with van der Waals surface area (Å²) in [5, 5.41) is 10.5. The molecule has 1 N–H and O–H groups in total. The summed E-state index contributed by atoms with van der Waals surface area (Å²) in [7, 11) is 0. The van der Waals surface area contributed by atoms with Crippen LogP contribution in [-0.4, -0.2) is 28.1 Å². The van der Waals surface area contributed by atoms with E-state index >= 15 is 0 Å². The number of rotatable bonds is 3. The molecule has 0 aromatic heterocycles. The minimum absolute atomic E-state index is 0.559. The summed E-state index contributed by atoms with van der Waals surface area (Å²) in [6, 6.07) is 5.33. The first-order valence-corrected chi connectivity index (χ1v) is 6.61. The van der Waals surface area contributed by atoms with E-state index in [1.54, 1.807) is 13.0 Å². The Kier molecular flexibility index (Phi) is 3.85. The van der Waals surface area contributed by atoms with Crippen LogP contribution in [0.25, 0.3) is 0 Å². The lowest BCUT2D eigenvalue weighted by molar-refractivity contribution is -0.148. The molecule has 18 heavy (non-hydrogen) atoms. The number of hydrogen-bond donors (Lipinski definition) is 1. The summed E-state index contributed by atoms with van der Waals surface area (Å²) in [6.45, 7) is 3.12. The standard InChI is InChI=1S/C13H15Cl2NO2/c1-13(12(17)18)3-2-4-16(13)8-9-5-10(14)7-11(15)6-9/h5-7H,2-4,8H2,1H3,(H,17,18). The van der Waals surface area contributed by atoms with Gasteiger partial charge in [-0.3, -0.25) is 9.69 Å². The Morgan fingerprint density at radius 3 is 2.56 bits per heavy atom. The number of likely N-dealkylation sites (tertiary alicyclic amines) is 1. The molecule has 0 bridgehead atoms. The first-order valence-electron chi connectivity index (χ1n) is 5.85. The van der Waals surface area contributed by atoms with Crippen molar-refractivity contribution < 1.29 is 9.90 Å². The number of aliphatic carboxylic acids is 1. The summed E-state index contributed by atoms with van der Waals surface area (Å²) < 4.78 is 0. The van der Waals surface area contributed by atoms with Gasteiger partial charge in [0.15, 0.2) is 0 Å². The maximum atomic E-state index is 11.4. The maximum Gasteiger partial charge on any atom is 0.323 e. The molecule has 1 unspecified atom stereocenters. The van der Waals surface area contributed by atoms with Crippen LogP contribution in [0.5, 0.6) is 0 Å². The zero-order valence-corrected chi connectivity index (χ0v) is 11.6. The van der Waals surface area contributed by atoms with E-state index < -0.39 is 11.5 Å². The third kappa shape index (κ3) is 2.63. The summed E-state index contributed by atoms with van der Waals surface area (Å²) in [5.74, 6) is -0.770. The lowest BCUT2D eigenvalue weighted by Gasteiger charge is -2.31. The zero-order chi connectivity index (χ0) is 13.3. The quantitative estimate of drug-likeness (QED) is 0.926. The molecular weight excluding hydrogens is 273 g/mol. The van der Waals surface area contributed by atoms with Gasteiger partial charge < -0.3 is 5.11 Å². The molecule has 3 nitrogen and oxygen atoms in total. The van der Waals surface area contributed by atoms with E-state index in [2.05, 4.69) is 0 Å². The lowest BCUT2D eigenvalue weighted by Crippen LogP contribution is -2.47. The van der Waals surface area contributed by atoms with E-state index in [-0.39, 0.29) is 0 Å². The number of carbonyl (C=O) groups is 1. The van der Waals surface area contributed by atoms with Gasteiger partial charge in [0, 0.05) is 16.6 Å². The highest BCUT2D eigenvalue weighted by atomic mass is 35.5. The van der Waals surface area contributed by atoms with Crippen molar-refractivity contribution in [3.63, 3.8) is 0 Å². The van der Waals surface area contributed by atoms with Crippen molar-refractivity contribution >= 4 is 29.2 Å². The van der Waals surface area contributed by atoms with E-state index in [4.69, 9.17) is 23.2 Å². The van der Waals surface area contributed by atoms with Gasteiger partial charge in [0.05, 0.1) is 0 Å². The molecule has 1 aromatic rings. The highest BCUT2D eigenvalue weighted by molar-refractivity contribution is 6.34. The average Bonchev–Trinajstić information content (AvgIpc) is 2.60. The number of nitrogens with zero attached hydrogens (tertiary/aromatic N) is 1. The Bertz CT molecular complexity index is 458. The van der Waals surface area contributed by atoms with Gasteiger partial charge in [0.1, 0.15) is 5.54 Å². The number of carboxylic acids is 1. The fourth-order valence-corrected chi connectivity index (χ4v) is 3.01. The van der Waals surface area contributed by atoms with Gasteiger partial charge in [-0.15, -0.1) is 0 Å². The highest BCUT2D eigenvalue weighted by Gasteiger charge is 2.43. The molecule has 0 aliphatic carbocycles. The molecule has 1 fully saturated rings. The van der Waals surface area contributed by atoms with Gasteiger partial charge in [-0.2, -0.15) is 0 Å². The van der Waals surface area contributed by atoms with Crippen molar-refractivity contribution in [1.29, 1.82) is 0 Å². The predicted molar refractivity (Wildman–Crippen MR) is 72.1 cm³/mol. The Morgan fingerprint density at radius 1 is 1.39 bits per heavy atom. The first kappa shape index (κ1) is 13.7. The van der Waals surface area contributed by atoms with Gasteiger partial charge in [0.2, 0.25) is 0 Å². The Hall–Kier alpha value is -0.770. The first-order chi connectivity index (χ1) is 8.41. The lowest BCUT2D eigenvalue weighted by atomic mass is 9.99. The van der Waals surface area contributed by atoms with E-state index in [9.17, 15) is 9.90 Å². The van der Waals surface area contributed by atoms with Crippen LogP contribution in [0.3, 0.4) is 0 Å². The van der Waals surface area contributed by atoms with Crippen molar-refractivity contribution in [2.45, 2.75) is 31.8 Å². The summed E-state index contributed by atoms with van der Waals surface area (Å²) in [6.07, 6.45) is 1.58. The molecule has 1 heterocycles. The zero-order valence-electron chi connectivity index (χ0n) is 10.1. The molecule has 0 radical (unpaired) electrons. The molecule has 1 aliphatic rings. The number of hydrogen-bond acceptors (Lipinski definition) is 2. The normalized spacial score (nSPS) is 24.4. The highest BCUT2D eigenvalue weighted by Crippen LogP contribution is 2.31. The minimum atomic E-state index is -0.783. The topological polar surface area (TPSA) is 40.5 Å². The molecule has 2 rings (SSSR count). The molecular formula is C13H15Cl2NO2. The van der Waals surface area contributed by atoms with Gasteiger partial charge >= 0.3 is 5.97 Å². The van der Waals surface area contributed by atoms with Crippen LogP contribution in [0, 0.1) is 0 Å². The smallest absolute Gasteiger partial charge is 0.323 e. The summed E-state index contributed by atoms with van der Waals surface area (Å²) >= 11 is 11.9. The molecule has 1 aromatic carbocycles.